The van der Waals surface area contributed by atoms with E-state index in [9.17, 15) is 4.79 Å². The maximum absolute atomic E-state index is 13.0. The van der Waals surface area contributed by atoms with Crippen molar-refractivity contribution in [3.63, 3.8) is 0 Å². The van der Waals surface area contributed by atoms with Crippen LogP contribution in [0.4, 0.5) is 5.69 Å². The second kappa shape index (κ2) is 8.05. The van der Waals surface area contributed by atoms with E-state index >= 15 is 0 Å². The normalized spacial score (nSPS) is 16.0. The van der Waals surface area contributed by atoms with Gasteiger partial charge in [0.25, 0.3) is 5.91 Å². The molecule has 5 rings (SSSR count). The number of piperidine rings is 1. The zero-order chi connectivity index (χ0) is 20.5. The number of halogens is 1. The molecule has 1 N–H and O–H groups in total. The molecular weight excluding hydrogens is 394 g/mol. The lowest BCUT2D eigenvalue weighted by atomic mass is 10.0. The van der Waals surface area contributed by atoms with Gasteiger partial charge in [-0.1, -0.05) is 47.5 Å². The van der Waals surface area contributed by atoms with E-state index in [4.69, 9.17) is 11.6 Å². The molecule has 2 aromatic carbocycles. The lowest BCUT2D eigenvalue weighted by Crippen LogP contribution is -2.23. The Morgan fingerprint density at radius 3 is 2.67 bits per heavy atom. The first-order valence-corrected chi connectivity index (χ1v) is 10.6. The number of benzene rings is 2. The molecule has 1 saturated heterocycles. The van der Waals surface area contributed by atoms with Gasteiger partial charge in [0, 0.05) is 23.6 Å². The van der Waals surface area contributed by atoms with E-state index in [2.05, 4.69) is 34.6 Å². The van der Waals surface area contributed by atoms with E-state index < -0.39 is 0 Å². The van der Waals surface area contributed by atoms with Gasteiger partial charge in [-0.3, -0.25) is 9.78 Å². The van der Waals surface area contributed by atoms with Gasteiger partial charge in [-0.2, -0.15) is 0 Å². The molecule has 0 unspecified atom stereocenters. The fourth-order valence-corrected chi connectivity index (χ4v) is 4.48. The van der Waals surface area contributed by atoms with E-state index in [1.54, 1.807) is 11.0 Å². The van der Waals surface area contributed by atoms with Crippen molar-refractivity contribution in [3.05, 3.63) is 88.2 Å². The number of nitrogens with zero attached hydrogens (tertiary/aromatic N) is 2. The topological polar surface area (TPSA) is 45.2 Å². The third-order valence-electron chi connectivity index (χ3n) is 5.75. The van der Waals surface area contributed by atoms with Crippen LogP contribution in [0.3, 0.4) is 0 Å². The first-order valence-electron chi connectivity index (χ1n) is 10.2. The number of amides is 1. The molecule has 2 aliphatic rings. The number of anilines is 1. The van der Waals surface area contributed by atoms with Gasteiger partial charge in [0.15, 0.2) is 0 Å². The van der Waals surface area contributed by atoms with Crippen molar-refractivity contribution in [2.24, 2.45) is 0 Å². The van der Waals surface area contributed by atoms with Crippen LogP contribution in [-0.4, -0.2) is 24.0 Å². The van der Waals surface area contributed by atoms with Crippen LogP contribution >= 0.6 is 11.6 Å². The highest BCUT2D eigenvalue weighted by atomic mass is 35.5. The average Bonchev–Trinajstić information content (AvgIpc) is 3.12. The van der Waals surface area contributed by atoms with Crippen molar-refractivity contribution in [2.75, 3.05) is 18.0 Å². The highest BCUT2D eigenvalue weighted by molar-refractivity contribution is 6.35. The zero-order valence-electron chi connectivity index (χ0n) is 16.6. The largest absolute Gasteiger partial charge is 0.316 e. The molecule has 3 heterocycles. The van der Waals surface area contributed by atoms with E-state index in [1.165, 1.54) is 5.57 Å². The Morgan fingerprint density at radius 2 is 1.83 bits per heavy atom. The summed E-state index contributed by atoms with van der Waals surface area (Å²) in [5.41, 5.74) is 7.11. The minimum Gasteiger partial charge on any atom is -0.316 e. The van der Waals surface area contributed by atoms with Crippen LogP contribution in [0.15, 0.2) is 66.5 Å². The molecule has 2 aliphatic heterocycles. The first kappa shape index (κ1) is 19.0. The summed E-state index contributed by atoms with van der Waals surface area (Å²) in [6, 6.07) is 15.9. The number of rotatable bonds is 3. The van der Waals surface area contributed by atoms with Gasteiger partial charge < -0.3 is 10.2 Å². The summed E-state index contributed by atoms with van der Waals surface area (Å²) >= 11 is 6.28. The van der Waals surface area contributed by atoms with E-state index in [-0.39, 0.29) is 5.91 Å². The molecule has 0 bridgehead atoms. The summed E-state index contributed by atoms with van der Waals surface area (Å²) in [7, 11) is 0. The van der Waals surface area contributed by atoms with Crippen LogP contribution < -0.4 is 10.2 Å². The van der Waals surface area contributed by atoms with Gasteiger partial charge in [0.05, 0.1) is 17.1 Å². The number of fused-ring (bicyclic) bond motifs is 1. The first-order chi connectivity index (χ1) is 14.7. The van der Waals surface area contributed by atoms with Crippen molar-refractivity contribution in [1.29, 1.82) is 0 Å². The van der Waals surface area contributed by atoms with E-state index in [0.717, 1.165) is 53.9 Å². The molecule has 0 saturated carbocycles. The molecule has 1 aromatic heterocycles. The Balaban J connectivity index is 1.44. The third kappa shape index (κ3) is 3.64. The predicted octanol–water partition coefficient (Wildman–Crippen LogP) is 5.33. The number of hydrogen-bond donors (Lipinski definition) is 1. The Kier molecular flexibility index (Phi) is 5.11. The minimum atomic E-state index is -0.0460. The van der Waals surface area contributed by atoms with Gasteiger partial charge in [0.2, 0.25) is 0 Å². The van der Waals surface area contributed by atoms with E-state index in [1.807, 2.05) is 36.7 Å². The number of aromatic nitrogens is 1. The molecule has 150 valence electrons. The van der Waals surface area contributed by atoms with Crippen LogP contribution in [0.25, 0.3) is 17.2 Å². The van der Waals surface area contributed by atoms with Crippen LogP contribution in [-0.2, 0) is 6.54 Å². The maximum Gasteiger partial charge on any atom is 0.260 e. The molecule has 30 heavy (non-hydrogen) atoms. The third-order valence-corrected chi connectivity index (χ3v) is 6.07. The molecular formula is C25H22ClN3O. The summed E-state index contributed by atoms with van der Waals surface area (Å²) in [4.78, 5) is 19.2. The molecule has 0 radical (unpaired) electrons. The van der Waals surface area contributed by atoms with Gasteiger partial charge in [-0.15, -0.1) is 0 Å². The Bertz CT molecular complexity index is 1150. The Labute approximate surface area is 181 Å². The highest BCUT2D eigenvalue weighted by Gasteiger charge is 2.30. The molecule has 0 aliphatic carbocycles. The number of pyridine rings is 1. The summed E-state index contributed by atoms with van der Waals surface area (Å²) in [5.74, 6) is -0.0460. The quantitative estimate of drug-likeness (QED) is 0.628. The molecule has 0 spiro atoms. The van der Waals surface area contributed by atoms with Gasteiger partial charge >= 0.3 is 0 Å². The van der Waals surface area contributed by atoms with Crippen LogP contribution in [0.2, 0.25) is 5.02 Å². The predicted molar refractivity (Wildman–Crippen MR) is 122 cm³/mol. The van der Waals surface area contributed by atoms with Gasteiger partial charge in [0.1, 0.15) is 0 Å². The summed E-state index contributed by atoms with van der Waals surface area (Å²) < 4.78 is 0. The van der Waals surface area contributed by atoms with Crippen molar-refractivity contribution < 1.29 is 4.79 Å². The SMILES string of the molecule is O=C1c2c(Cl)cccc2CN1c1cccc(-c2cncc(C=C3CCNCC3)c2)c1. The number of nitrogens with one attached hydrogen (secondary N) is 1. The highest BCUT2D eigenvalue weighted by Crippen LogP contribution is 2.34. The fraction of sp³-hybridized carbons (Fsp3) is 0.200. The second-order valence-corrected chi connectivity index (χ2v) is 8.18. The number of hydrogen-bond acceptors (Lipinski definition) is 3. The van der Waals surface area contributed by atoms with Crippen molar-refractivity contribution >= 4 is 29.3 Å². The molecule has 1 fully saturated rings. The smallest absolute Gasteiger partial charge is 0.260 e. The molecule has 4 nitrogen and oxygen atoms in total. The summed E-state index contributed by atoms with van der Waals surface area (Å²) in [5, 5.41) is 3.90. The van der Waals surface area contributed by atoms with Gasteiger partial charge in [-0.25, -0.2) is 0 Å². The van der Waals surface area contributed by atoms with Crippen molar-refractivity contribution in [2.45, 2.75) is 19.4 Å². The average molecular weight is 416 g/mol. The van der Waals surface area contributed by atoms with Crippen LogP contribution in [0, 0.1) is 0 Å². The maximum atomic E-state index is 13.0. The Morgan fingerprint density at radius 1 is 1.00 bits per heavy atom. The lowest BCUT2D eigenvalue weighted by molar-refractivity contribution is 0.0997. The monoisotopic (exact) mass is 415 g/mol. The van der Waals surface area contributed by atoms with Crippen LogP contribution in [0.1, 0.15) is 34.3 Å². The van der Waals surface area contributed by atoms with Crippen LogP contribution in [0.5, 0.6) is 0 Å². The van der Waals surface area contributed by atoms with Crippen molar-refractivity contribution in [3.8, 4) is 11.1 Å². The van der Waals surface area contributed by atoms with Crippen molar-refractivity contribution in [1.82, 2.24) is 10.3 Å². The summed E-state index contributed by atoms with van der Waals surface area (Å²) in [6.07, 6.45) is 8.20. The zero-order valence-corrected chi connectivity index (χ0v) is 17.3. The lowest BCUT2D eigenvalue weighted by Gasteiger charge is -2.17. The summed E-state index contributed by atoms with van der Waals surface area (Å²) in [6.45, 7) is 2.62. The second-order valence-electron chi connectivity index (χ2n) is 7.78. The van der Waals surface area contributed by atoms with Gasteiger partial charge in [-0.05, 0) is 66.9 Å². The van der Waals surface area contributed by atoms with E-state index in [0.29, 0.717) is 17.1 Å². The Hall–Kier alpha value is -2.95. The molecule has 0 atom stereocenters. The molecule has 5 heteroatoms. The fourth-order valence-electron chi connectivity index (χ4n) is 4.20. The standard InChI is InChI=1S/C25H22ClN3O/c26-23-6-2-4-20-16-29(25(30)24(20)23)22-5-1-3-19(13-22)21-12-18(14-28-15-21)11-17-7-9-27-10-8-17/h1-6,11-15,27H,7-10,16H2. The molecule has 3 aromatic rings. The number of carbonyl (C=O) groups excluding carboxylic acids is 1. The minimum absolute atomic E-state index is 0.0460. The number of carbonyl (C=O) groups is 1. The molecule has 1 amide bonds.